The summed E-state index contributed by atoms with van der Waals surface area (Å²) in [6.45, 7) is 4.61. The van der Waals surface area contributed by atoms with Gasteiger partial charge < -0.3 is 4.74 Å². The Labute approximate surface area is 281 Å². The lowest BCUT2D eigenvalue weighted by Crippen LogP contribution is -2.32. The summed E-state index contributed by atoms with van der Waals surface area (Å²) in [5.74, 6) is 2.39. The van der Waals surface area contributed by atoms with Gasteiger partial charge in [0.05, 0.1) is 12.2 Å². The van der Waals surface area contributed by atoms with Crippen LogP contribution in [0.5, 0.6) is 0 Å². The van der Waals surface area contributed by atoms with Crippen molar-refractivity contribution in [3.63, 3.8) is 0 Å². The summed E-state index contributed by atoms with van der Waals surface area (Å²) in [4.78, 5) is 0. The smallest absolute Gasteiger partial charge is 0.131 e. The van der Waals surface area contributed by atoms with Crippen LogP contribution < -0.4 is 0 Å². The molecular formula is C42H58F4O. The molecule has 4 saturated carbocycles. The van der Waals surface area contributed by atoms with Crippen LogP contribution in [0.2, 0.25) is 0 Å². The van der Waals surface area contributed by atoms with Gasteiger partial charge in [-0.05, 0) is 137 Å². The monoisotopic (exact) mass is 654 g/mol. The van der Waals surface area contributed by atoms with Gasteiger partial charge in [0.25, 0.3) is 0 Å². The molecule has 0 spiro atoms. The molecule has 2 atom stereocenters. The van der Waals surface area contributed by atoms with E-state index < -0.39 is 35.5 Å². The molecule has 4 aliphatic carbocycles. The number of hydrogen-bond acceptors (Lipinski definition) is 1. The largest absolute Gasteiger partial charge is 0.365 e. The summed E-state index contributed by atoms with van der Waals surface area (Å²) in [7, 11) is 0. The summed E-state index contributed by atoms with van der Waals surface area (Å²) in [5, 5.41) is 0. The van der Waals surface area contributed by atoms with E-state index in [1.54, 1.807) is 0 Å². The molecule has 5 heteroatoms. The first-order chi connectivity index (χ1) is 22.8. The molecule has 1 nitrogen and oxygen atoms in total. The first-order valence-electron chi connectivity index (χ1n) is 19.4. The van der Waals surface area contributed by atoms with Crippen molar-refractivity contribution in [2.75, 3.05) is 0 Å². The van der Waals surface area contributed by atoms with E-state index in [0.717, 1.165) is 87.2 Å². The predicted octanol–water partition coefficient (Wildman–Crippen LogP) is 13.1. The quantitative estimate of drug-likeness (QED) is 0.232. The topological polar surface area (TPSA) is 9.23 Å². The van der Waals surface area contributed by atoms with Gasteiger partial charge in [0.1, 0.15) is 23.3 Å². The molecule has 4 aliphatic rings. The fraction of sp³-hybridized carbons (Fsp3) is 0.714. The van der Waals surface area contributed by atoms with E-state index in [1.807, 2.05) is 0 Å². The van der Waals surface area contributed by atoms with Gasteiger partial charge in [0, 0.05) is 23.3 Å². The number of halogens is 4. The Balaban J connectivity index is 1.21. The maximum absolute atomic E-state index is 15.6. The molecule has 0 amide bonds. The molecule has 2 aromatic rings. The summed E-state index contributed by atoms with van der Waals surface area (Å²) in [6.07, 6.45) is 20.0. The molecule has 4 fully saturated rings. The SMILES string of the molecule is CCC1CCC(C2CCC(C(OC(c3ccc(F)cc3F)C3CCC(C4CCC(CC)CC4)CC3)c3ccc(F)cc3F)CC2)CC1. The van der Waals surface area contributed by atoms with Crippen LogP contribution in [0, 0.1) is 70.6 Å². The minimum atomic E-state index is -0.608. The zero-order chi connectivity index (χ0) is 32.9. The highest BCUT2D eigenvalue weighted by atomic mass is 19.1. The Kier molecular flexibility index (Phi) is 12.1. The van der Waals surface area contributed by atoms with Crippen molar-refractivity contribution >= 4 is 0 Å². The lowest BCUT2D eigenvalue weighted by Gasteiger charge is -2.43. The third-order valence-corrected chi connectivity index (χ3v) is 13.6. The van der Waals surface area contributed by atoms with Gasteiger partial charge >= 0.3 is 0 Å². The molecule has 0 radical (unpaired) electrons. The number of hydrogen-bond donors (Lipinski definition) is 0. The Hall–Kier alpha value is -1.88. The Morgan fingerprint density at radius 1 is 0.489 bits per heavy atom. The third kappa shape index (κ3) is 8.47. The van der Waals surface area contributed by atoms with E-state index in [0.29, 0.717) is 23.0 Å². The maximum Gasteiger partial charge on any atom is 0.131 e. The molecule has 6 rings (SSSR count). The van der Waals surface area contributed by atoms with E-state index in [4.69, 9.17) is 4.74 Å². The van der Waals surface area contributed by atoms with E-state index in [-0.39, 0.29) is 11.8 Å². The van der Waals surface area contributed by atoms with Gasteiger partial charge in [-0.3, -0.25) is 0 Å². The second-order valence-electron chi connectivity index (χ2n) is 16.0. The normalized spacial score (nSPS) is 33.3. The second kappa shape index (κ2) is 16.2. The highest BCUT2D eigenvalue weighted by Crippen LogP contribution is 2.51. The van der Waals surface area contributed by atoms with Crippen molar-refractivity contribution < 1.29 is 22.3 Å². The first kappa shape index (κ1) is 35.0. The average Bonchev–Trinajstić information content (AvgIpc) is 3.10. The van der Waals surface area contributed by atoms with Crippen molar-refractivity contribution in [3.8, 4) is 0 Å². The highest BCUT2D eigenvalue weighted by molar-refractivity contribution is 5.25. The minimum Gasteiger partial charge on any atom is -0.365 e. The maximum atomic E-state index is 15.6. The van der Waals surface area contributed by atoms with Gasteiger partial charge in [-0.2, -0.15) is 0 Å². The molecule has 0 bridgehead atoms. The molecule has 47 heavy (non-hydrogen) atoms. The van der Waals surface area contributed by atoms with Crippen molar-refractivity contribution in [1.29, 1.82) is 0 Å². The molecule has 260 valence electrons. The van der Waals surface area contributed by atoms with Crippen LogP contribution in [-0.4, -0.2) is 0 Å². The van der Waals surface area contributed by atoms with Gasteiger partial charge in [-0.15, -0.1) is 0 Å². The lowest BCUT2D eigenvalue weighted by molar-refractivity contribution is -0.0959. The van der Waals surface area contributed by atoms with Crippen molar-refractivity contribution in [2.45, 2.75) is 142 Å². The van der Waals surface area contributed by atoms with Crippen LogP contribution in [0.1, 0.15) is 153 Å². The molecule has 0 N–H and O–H groups in total. The summed E-state index contributed by atoms with van der Waals surface area (Å²) < 4.78 is 66.5. The third-order valence-electron chi connectivity index (χ3n) is 13.6. The minimum absolute atomic E-state index is 0.0642. The number of benzene rings is 2. The Bertz CT molecular complexity index is 1170. The Morgan fingerprint density at radius 2 is 0.809 bits per heavy atom. The summed E-state index contributed by atoms with van der Waals surface area (Å²) in [6, 6.07) is 7.62. The molecule has 0 aliphatic heterocycles. The Morgan fingerprint density at radius 3 is 1.11 bits per heavy atom. The molecule has 0 heterocycles. The number of ether oxygens (including phenoxy) is 1. The van der Waals surface area contributed by atoms with Gasteiger partial charge in [-0.1, -0.05) is 64.5 Å². The van der Waals surface area contributed by atoms with Crippen LogP contribution in [0.25, 0.3) is 0 Å². The van der Waals surface area contributed by atoms with Gasteiger partial charge in [0.2, 0.25) is 0 Å². The average molecular weight is 655 g/mol. The standard InChI is InChI=1S/C42H58F4O/c1-3-27-5-9-29(10-6-27)31-13-17-33(18-14-31)41(37-23-21-35(43)25-39(37)45)47-42(38-24-22-36(44)26-40(38)46)34-19-15-32(16-20-34)30-11-7-28(4-2)8-12-30/h21-34,41-42H,3-20H2,1-2H3. The fourth-order valence-electron chi connectivity index (χ4n) is 10.5. The van der Waals surface area contributed by atoms with Crippen LogP contribution in [0.3, 0.4) is 0 Å². The zero-order valence-electron chi connectivity index (χ0n) is 28.9. The predicted molar refractivity (Wildman–Crippen MR) is 182 cm³/mol. The van der Waals surface area contributed by atoms with Crippen molar-refractivity contribution in [1.82, 2.24) is 0 Å². The van der Waals surface area contributed by atoms with Crippen LogP contribution >= 0.6 is 0 Å². The van der Waals surface area contributed by atoms with E-state index in [2.05, 4.69) is 13.8 Å². The highest BCUT2D eigenvalue weighted by Gasteiger charge is 2.40. The molecule has 0 saturated heterocycles. The molecule has 0 aromatic heterocycles. The van der Waals surface area contributed by atoms with Crippen LogP contribution in [0.15, 0.2) is 36.4 Å². The summed E-state index contributed by atoms with van der Waals surface area (Å²) in [5.41, 5.74) is 0.736. The second-order valence-corrected chi connectivity index (χ2v) is 16.0. The van der Waals surface area contributed by atoms with Gasteiger partial charge in [0.15, 0.2) is 0 Å². The number of rotatable bonds is 10. The molecule has 2 aromatic carbocycles. The lowest BCUT2D eigenvalue weighted by atomic mass is 9.67. The summed E-state index contributed by atoms with van der Waals surface area (Å²) >= 11 is 0. The first-order valence-corrected chi connectivity index (χ1v) is 19.4. The molecular weight excluding hydrogens is 596 g/mol. The van der Waals surface area contributed by atoms with Crippen LogP contribution in [0.4, 0.5) is 17.6 Å². The fourth-order valence-corrected chi connectivity index (χ4v) is 10.5. The molecule has 2 unspecified atom stereocenters. The zero-order valence-corrected chi connectivity index (χ0v) is 28.9. The van der Waals surface area contributed by atoms with Gasteiger partial charge in [-0.25, -0.2) is 17.6 Å². The van der Waals surface area contributed by atoms with Crippen molar-refractivity contribution in [3.05, 3.63) is 70.8 Å². The van der Waals surface area contributed by atoms with E-state index in [9.17, 15) is 8.78 Å². The van der Waals surface area contributed by atoms with Crippen LogP contribution in [-0.2, 0) is 4.74 Å². The van der Waals surface area contributed by atoms with Crippen molar-refractivity contribution in [2.24, 2.45) is 47.3 Å². The van der Waals surface area contributed by atoms with E-state index >= 15 is 8.78 Å². The van der Waals surface area contributed by atoms with E-state index in [1.165, 1.54) is 88.5 Å².